The Morgan fingerprint density at radius 1 is 1.04 bits per heavy atom. The number of ether oxygens (including phenoxy) is 3. The Kier molecular flexibility index (Phi) is 15.2. The van der Waals surface area contributed by atoms with Crippen molar-refractivity contribution in [2.24, 2.45) is 0 Å². The lowest BCUT2D eigenvalue weighted by molar-refractivity contribution is -0.105. The number of aromatic amines is 1. The van der Waals surface area contributed by atoms with Crippen LogP contribution in [0.25, 0.3) is 22.2 Å². The zero-order valence-corrected chi connectivity index (χ0v) is 32.8. The molecule has 54 heavy (non-hydrogen) atoms. The Labute approximate surface area is 328 Å². The molecule has 13 nitrogen and oxygen atoms in total. The summed E-state index contributed by atoms with van der Waals surface area (Å²) in [6.07, 6.45) is 2.69. The zero-order valence-electron chi connectivity index (χ0n) is 31.2. The van der Waals surface area contributed by atoms with E-state index in [0.717, 1.165) is 85.9 Å². The second kappa shape index (κ2) is 19.5. The van der Waals surface area contributed by atoms with Gasteiger partial charge in [-0.05, 0) is 69.1 Å². The molecule has 0 saturated carbocycles. The Bertz CT molecular complexity index is 1950. The zero-order chi connectivity index (χ0) is 36.6. The number of amides is 2. The molecule has 1 aromatic heterocycles. The number of allylic oxidation sites excluding steroid dienone is 1. The van der Waals surface area contributed by atoms with E-state index in [4.69, 9.17) is 19.2 Å². The van der Waals surface area contributed by atoms with Gasteiger partial charge in [0, 0.05) is 57.4 Å². The van der Waals surface area contributed by atoms with Gasteiger partial charge in [0.25, 0.3) is 5.91 Å². The van der Waals surface area contributed by atoms with E-state index in [2.05, 4.69) is 38.0 Å². The van der Waals surface area contributed by atoms with Crippen LogP contribution in [0.5, 0.6) is 11.5 Å². The third-order valence-corrected chi connectivity index (χ3v) is 9.75. The van der Waals surface area contributed by atoms with Gasteiger partial charge >= 0.3 is 0 Å². The van der Waals surface area contributed by atoms with Crippen molar-refractivity contribution >= 4 is 71.4 Å². The highest BCUT2D eigenvalue weighted by atomic mass is 35.5. The number of imidazole rings is 1. The number of piperazine rings is 1. The van der Waals surface area contributed by atoms with E-state index in [1.807, 2.05) is 49.4 Å². The van der Waals surface area contributed by atoms with Crippen molar-refractivity contribution in [2.45, 2.75) is 26.2 Å². The van der Waals surface area contributed by atoms with Gasteiger partial charge in [0.05, 0.1) is 60.6 Å². The number of morpholine rings is 1. The van der Waals surface area contributed by atoms with Gasteiger partial charge in [-0.15, -0.1) is 24.8 Å². The molecule has 0 spiro atoms. The number of rotatable bonds is 14. The topological polar surface area (TPSA) is 133 Å². The van der Waals surface area contributed by atoms with E-state index in [9.17, 15) is 14.4 Å². The molecule has 0 bridgehead atoms. The van der Waals surface area contributed by atoms with Crippen LogP contribution in [0.2, 0.25) is 0 Å². The number of likely N-dealkylation sites (N-methyl/N-ethyl adjacent to an activating group) is 1. The predicted octanol–water partition coefficient (Wildman–Crippen LogP) is 5.58. The number of nitrogens with one attached hydrogen (secondary N) is 2. The maximum absolute atomic E-state index is 14.2. The molecule has 0 aliphatic carbocycles. The van der Waals surface area contributed by atoms with Crippen molar-refractivity contribution in [2.75, 3.05) is 95.4 Å². The Balaban J connectivity index is 0.00000325. The van der Waals surface area contributed by atoms with E-state index < -0.39 is 0 Å². The molecule has 0 radical (unpaired) electrons. The summed E-state index contributed by atoms with van der Waals surface area (Å²) in [5, 5.41) is 2.74. The second-order valence-corrected chi connectivity index (χ2v) is 13.2. The first kappa shape index (κ1) is 42.0. The number of nitrogens with zero attached hydrogens (tertiary/aromatic N) is 5. The summed E-state index contributed by atoms with van der Waals surface area (Å²) in [5.74, 6) is 3.46. The fourth-order valence-electron chi connectivity index (χ4n) is 6.78. The van der Waals surface area contributed by atoms with Gasteiger partial charge in [0.15, 0.2) is 5.75 Å². The van der Waals surface area contributed by atoms with Crippen LogP contribution in [0.4, 0.5) is 17.3 Å². The van der Waals surface area contributed by atoms with Crippen LogP contribution in [-0.2, 0) is 14.3 Å². The first-order valence-corrected chi connectivity index (χ1v) is 17.7. The van der Waals surface area contributed by atoms with Gasteiger partial charge in [-0.25, -0.2) is 9.78 Å². The standard InChI is InChI=1S/C39H47N7O6.2ClH/c1-27-11-14-33(34(24-27)52-21-6-5-8-28(25-47)45-17-15-43(2)16-18-45)44(3)38(49)31-13-12-30(37(50-4)36(31)40-26-48)29-9-7-10-32-35(29)42-39(41-32)46-19-22-51-23-20-46;;/h7,9-14,24,26H,5-6,8,15-23H2,1-4H3,(H,40,48)(H,41,42);2*1H. The second-order valence-electron chi connectivity index (χ2n) is 13.2. The molecule has 290 valence electrons. The van der Waals surface area contributed by atoms with Gasteiger partial charge < -0.3 is 44.1 Å². The van der Waals surface area contributed by atoms with E-state index in [0.29, 0.717) is 55.4 Å². The van der Waals surface area contributed by atoms with Crippen LogP contribution in [0.3, 0.4) is 0 Å². The minimum atomic E-state index is -0.358. The van der Waals surface area contributed by atoms with Gasteiger partial charge in [-0.3, -0.25) is 9.59 Å². The fraction of sp³-hybridized carbons (Fsp3) is 0.410. The van der Waals surface area contributed by atoms with Crippen LogP contribution in [0.15, 0.2) is 54.2 Å². The number of anilines is 3. The number of fused-ring (bicyclic) bond motifs is 1. The van der Waals surface area contributed by atoms with E-state index in [-0.39, 0.29) is 42.0 Å². The number of carbonyl (C=O) groups is 2. The molecule has 2 fully saturated rings. The summed E-state index contributed by atoms with van der Waals surface area (Å²) in [5.41, 5.74) is 5.86. The number of unbranched alkanes of at least 4 members (excludes halogenated alkanes) is 1. The number of aromatic nitrogens is 2. The summed E-state index contributed by atoms with van der Waals surface area (Å²) in [7, 11) is 5.28. The quantitative estimate of drug-likeness (QED) is 0.0950. The Hall–Kier alpha value is -4.78. The number of hydrogen-bond acceptors (Lipinski definition) is 10. The number of methoxy groups -OCH3 is 1. The van der Waals surface area contributed by atoms with Crippen molar-refractivity contribution in [3.63, 3.8) is 0 Å². The highest BCUT2D eigenvalue weighted by molar-refractivity contribution is 6.13. The van der Waals surface area contributed by atoms with Gasteiger partial charge in [0.2, 0.25) is 12.4 Å². The van der Waals surface area contributed by atoms with Gasteiger partial charge in [-0.2, -0.15) is 0 Å². The molecule has 2 aliphatic rings. The molecule has 3 aromatic carbocycles. The molecule has 4 aromatic rings. The van der Waals surface area contributed by atoms with E-state index in [1.165, 1.54) is 12.0 Å². The third kappa shape index (κ3) is 9.29. The molecule has 2 aliphatic heterocycles. The van der Waals surface area contributed by atoms with Crippen molar-refractivity contribution in [3.8, 4) is 22.6 Å². The number of para-hydroxylation sites is 1. The first-order chi connectivity index (χ1) is 25.3. The van der Waals surface area contributed by atoms with Crippen LogP contribution < -0.4 is 24.6 Å². The molecule has 2 N–H and O–H groups in total. The molecule has 0 atom stereocenters. The molecule has 6 rings (SSSR count). The Morgan fingerprint density at radius 2 is 1.80 bits per heavy atom. The summed E-state index contributed by atoms with van der Waals surface area (Å²) in [6, 6.07) is 15.1. The molecule has 2 amide bonds. The van der Waals surface area contributed by atoms with Crippen molar-refractivity contribution in [1.29, 1.82) is 0 Å². The van der Waals surface area contributed by atoms with Crippen LogP contribution >= 0.6 is 24.8 Å². The molecular weight excluding hydrogens is 733 g/mol. The smallest absolute Gasteiger partial charge is 0.260 e. The predicted molar refractivity (Wildman–Crippen MR) is 217 cm³/mol. The summed E-state index contributed by atoms with van der Waals surface area (Å²) in [4.78, 5) is 54.3. The molecule has 0 unspecified atom stereocenters. The molecule has 2 saturated heterocycles. The molecule has 3 heterocycles. The van der Waals surface area contributed by atoms with E-state index in [1.54, 1.807) is 13.1 Å². The monoisotopic (exact) mass is 781 g/mol. The summed E-state index contributed by atoms with van der Waals surface area (Å²) < 4.78 is 17.7. The van der Waals surface area contributed by atoms with Crippen LogP contribution in [-0.4, -0.2) is 118 Å². The van der Waals surface area contributed by atoms with Crippen LogP contribution in [0.1, 0.15) is 35.2 Å². The number of aryl methyl sites for hydroxylation is 1. The lowest BCUT2D eigenvalue weighted by Crippen LogP contribution is -2.44. The minimum absolute atomic E-state index is 0. The van der Waals surface area contributed by atoms with E-state index >= 15 is 0 Å². The summed E-state index contributed by atoms with van der Waals surface area (Å²) in [6.45, 7) is 8.65. The Morgan fingerprint density at radius 3 is 2.50 bits per heavy atom. The highest BCUT2D eigenvalue weighted by Gasteiger charge is 2.26. The fourth-order valence-corrected chi connectivity index (χ4v) is 6.78. The van der Waals surface area contributed by atoms with Crippen molar-refractivity contribution in [1.82, 2.24) is 19.8 Å². The molecular formula is C39H49Cl2N7O6. The normalized spacial score (nSPS) is 14.4. The van der Waals surface area contributed by atoms with Crippen molar-refractivity contribution in [3.05, 3.63) is 65.4 Å². The molecule has 15 heteroatoms. The number of H-pyrrole nitrogens is 1. The summed E-state index contributed by atoms with van der Waals surface area (Å²) >= 11 is 0. The minimum Gasteiger partial charge on any atom is -0.494 e. The highest BCUT2D eigenvalue weighted by Crippen LogP contribution is 2.42. The lowest BCUT2D eigenvalue weighted by Gasteiger charge is -2.34. The lowest BCUT2D eigenvalue weighted by atomic mass is 9.98. The maximum atomic E-state index is 14.2. The average molecular weight is 783 g/mol. The number of halogens is 2. The SMILES string of the molecule is COc1c(-c2cccc3[nH]c(N4CCOCC4)nc23)ccc(C(=O)N(C)c2ccc(C)cc2OCCCCC(=C=O)N2CCN(C)CC2)c1NC=O.Cl.Cl. The number of carbonyl (C=O) groups excluding carboxylic acids is 3. The average Bonchev–Trinajstić information content (AvgIpc) is 3.62. The van der Waals surface area contributed by atoms with Gasteiger partial charge in [0.1, 0.15) is 11.7 Å². The largest absolute Gasteiger partial charge is 0.494 e. The maximum Gasteiger partial charge on any atom is 0.260 e. The first-order valence-electron chi connectivity index (χ1n) is 17.7. The number of benzene rings is 3. The van der Waals surface area contributed by atoms with Crippen molar-refractivity contribution < 1.29 is 28.6 Å². The number of hydrogen-bond donors (Lipinski definition) is 2. The van der Waals surface area contributed by atoms with Crippen LogP contribution in [0, 0.1) is 6.92 Å². The third-order valence-electron chi connectivity index (χ3n) is 9.75. The van der Waals surface area contributed by atoms with Gasteiger partial charge in [-0.1, -0.05) is 18.2 Å².